The molecule has 12 nitrogen and oxygen atoms in total. The topological polar surface area (TPSA) is 165 Å². The highest BCUT2D eigenvalue weighted by molar-refractivity contribution is 14.1. The molecule has 3 saturated carbocycles. The maximum Gasteiger partial charge on any atom is 0.253 e. The minimum Gasteiger partial charge on any atom is -0.355 e. The first-order valence-corrected chi connectivity index (χ1v) is 40.9. The standard InChI is InChI=1S/C22H20BrIN2O.C20H22BrIN2O.C20H22ClIN2O.C20H22FIN2O/c1-14-4-3-5-16(10-14)13-25-22(27)19-12-17(23)6-8-21(19)26-20-9-7-18(24)11-15(20)2;3*1-13-11-15(22)8-10-18(13)24-19-9-7-14(21)12-17(19)20(25)23-16-5-3-2-4-6-16/h3-12,26H,13H2,1-2H3,(H,25,27);3*7-12,16,24H,2-6H2,1H3,(H,23,25). The van der Waals surface area contributed by atoms with E-state index in [1.165, 1.54) is 73.4 Å². The Morgan fingerprint density at radius 2 is 0.706 bits per heavy atom. The number of halogens is 8. The molecule has 0 heterocycles. The summed E-state index contributed by atoms with van der Waals surface area (Å²) in [6.07, 6.45) is 17.1. The van der Waals surface area contributed by atoms with Gasteiger partial charge in [-0.05, 0) is 337 Å². The van der Waals surface area contributed by atoms with E-state index in [9.17, 15) is 23.6 Å². The van der Waals surface area contributed by atoms with Gasteiger partial charge in [0.25, 0.3) is 23.6 Å². The Balaban J connectivity index is 0.000000158. The zero-order chi connectivity index (χ0) is 72.8. The van der Waals surface area contributed by atoms with Crippen LogP contribution in [0, 0.1) is 54.7 Å². The summed E-state index contributed by atoms with van der Waals surface area (Å²) in [5.41, 5.74) is 16.0. The van der Waals surface area contributed by atoms with Crippen LogP contribution in [0.15, 0.2) is 179 Å². The van der Waals surface area contributed by atoms with Gasteiger partial charge in [-0.25, -0.2) is 4.39 Å². The van der Waals surface area contributed by atoms with Crippen LogP contribution in [0.1, 0.15) is 171 Å². The maximum atomic E-state index is 13.7. The first-order chi connectivity index (χ1) is 49.0. The molecule has 9 aromatic rings. The second-order valence-corrected chi connectivity index (χ2v) is 33.4. The Hall–Kier alpha value is -5.84. The number of hydrogen-bond acceptors (Lipinski definition) is 8. The molecule has 9 aromatic carbocycles. The number of amides is 4. The van der Waals surface area contributed by atoms with Gasteiger partial charge in [-0.15, -0.1) is 0 Å². The Bertz CT molecular complexity index is 4100. The molecule has 0 atom stereocenters. The van der Waals surface area contributed by atoms with Crippen LogP contribution in [0.3, 0.4) is 0 Å². The summed E-state index contributed by atoms with van der Waals surface area (Å²) in [4.78, 5) is 51.2. The summed E-state index contributed by atoms with van der Waals surface area (Å²) < 4.78 is 20.2. The molecule has 0 unspecified atom stereocenters. The number of carbonyl (C=O) groups is 4. The van der Waals surface area contributed by atoms with Crippen LogP contribution in [0.5, 0.6) is 0 Å². The van der Waals surface area contributed by atoms with Crippen molar-refractivity contribution in [1.82, 2.24) is 21.3 Å². The van der Waals surface area contributed by atoms with Gasteiger partial charge in [0, 0.05) is 75.7 Å². The van der Waals surface area contributed by atoms with E-state index in [2.05, 4.69) is 228 Å². The average Bonchev–Trinajstić information content (AvgIpc) is 0.839. The SMILES string of the molecule is Cc1cc(I)ccc1Nc1ccc(Br)cc1C(=O)NC1CCCCC1.Cc1cc(I)ccc1Nc1ccc(Cl)cc1C(=O)NC1CCCCC1.Cc1cc(I)ccc1Nc1ccc(F)cc1C(=O)NC1CCCCC1.Cc1cccc(CNC(=O)c2cc(Br)ccc2Nc2ccc(I)cc2C)c1. The molecule has 102 heavy (non-hydrogen) atoms. The molecule has 8 N–H and O–H groups in total. The molecule has 20 heteroatoms. The van der Waals surface area contributed by atoms with Crippen LogP contribution in [0.2, 0.25) is 5.02 Å². The summed E-state index contributed by atoms with van der Waals surface area (Å²) in [5.74, 6) is -0.779. The van der Waals surface area contributed by atoms with Gasteiger partial charge in [0.1, 0.15) is 5.82 Å². The van der Waals surface area contributed by atoms with Gasteiger partial charge in [0.2, 0.25) is 0 Å². The highest BCUT2D eigenvalue weighted by Gasteiger charge is 2.24. The Kier molecular flexibility index (Phi) is 31.5. The molecule has 0 aliphatic heterocycles. The third-order valence-corrected chi connectivity index (χ3v) is 22.0. The van der Waals surface area contributed by atoms with Crippen molar-refractivity contribution in [2.24, 2.45) is 0 Å². The third-order valence-electron chi connectivity index (χ3n) is 18.1. The maximum absolute atomic E-state index is 13.7. The van der Waals surface area contributed by atoms with Crippen molar-refractivity contribution in [1.29, 1.82) is 0 Å². The number of carbonyl (C=O) groups excluding carboxylic acids is 4. The van der Waals surface area contributed by atoms with E-state index in [-0.39, 0.29) is 35.7 Å². The molecule has 3 aliphatic carbocycles. The van der Waals surface area contributed by atoms with Crippen molar-refractivity contribution in [2.45, 2.75) is 156 Å². The summed E-state index contributed by atoms with van der Waals surface area (Å²) in [7, 11) is 0. The number of rotatable bonds is 17. The second kappa shape index (κ2) is 40.0. The smallest absolute Gasteiger partial charge is 0.253 e. The fourth-order valence-electron chi connectivity index (χ4n) is 12.5. The summed E-state index contributed by atoms with van der Waals surface area (Å²) in [6.45, 7) is 10.7. The Morgan fingerprint density at radius 1 is 0.382 bits per heavy atom. The van der Waals surface area contributed by atoms with E-state index >= 15 is 0 Å². The molecule has 4 amide bonds. The molecule has 3 fully saturated rings. The average molecular weight is 1970 g/mol. The quantitative estimate of drug-likeness (QED) is 0.0418. The molecule has 0 radical (unpaired) electrons. The Morgan fingerprint density at radius 3 is 1.07 bits per heavy atom. The van der Waals surface area contributed by atoms with E-state index < -0.39 is 5.82 Å². The van der Waals surface area contributed by atoms with Crippen LogP contribution in [-0.2, 0) is 6.54 Å². The molecule has 0 saturated heterocycles. The molecule has 0 spiro atoms. The van der Waals surface area contributed by atoms with Crippen molar-refractivity contribution in [3.8, 4) is 0 Å². The monoisotopic (exact) mass is 1970 g/mol. The lowest BCUT2D eigenvalue weighted by atomic mass is 9.95. The van der Waals surface area contributed by atoms with Gasteiger partial charge in [-0.3, -0.25) is 19.2 Å². The van der Waals surface area contributed by atoms with Gasteiger partial charge in [-0.1, -0.05) is 131 Å². The predicted octanol–water partition coefficient (Wildman–Crippen LogP) is 24.1. The van der Waals surface area contributed by atoms with Crippen molar-refractivity contribution >= 4 is 203 Å². The zero-order valence-electron chi connectivity index (χ0n) is 57.9. The summed E-state index contributed by atoms with van der Waals surface area (Å²) in [6, 6.07) is 54.8. The molecule has 0 aromatic heterocycles. The van der Waals surface area contributed by atoms with E-state index in [1.807, 2.05) is 117 Å². The van der Waals surface area contributed by atoms with Crippen LogP contribution in [0.25, 0.3) is 0 Å². The van der Waals surface area contributed by atoms with Crippen LogP contribution in [-0.4, -0.2) is 41.8 Å². The predicted molar refractivity (Wildman–Crippen MR) is 460 cm³/mol. The molecule has 12 rings (SSSR count). The molecule has 3 aliphatic rings. The van der Waals surface area contributed by atoms with Crippen LogP contribution in [0.4, 0.5) is 49.9 Å². The molecular formula is C82H86Br2ClFI4N8O4. The number of aryl methyl sites for hydroxylation is 5. The number of benzene rings is 9. The number of nitrogens with one attached hydrogen (secondary N) is 8. The number of anilines is 8. The lowest BCUT2D eigenvalue weighted by Crippen LogP contribution is -2.36. The van der Waals surface area contributed by atoms with Gasteiger partial charge >= 0.3 is 0 Å². The first kappa shape index (κ1) is 80.3. The van der Waals surface area contributed by atoms with Gasteiger partial charge in [0.15, 0.2) is 0 Å². The normalized spacial score (nSPS) is 13.8. The fourth-order valence-corrected chi connectivity index (χ4v) is 16.0. The van der Waals surface area contributed by atoms with Crippen molar-refractivity contribution in [3.05, 3.63) is 260 Å². The summed E-state index contributed by atoms with van der Waals surface area (Å²) >= 11 is 22.3. The van der Waals surface area contributed by atoms with Gasteiger partial charge < -0.3 is 42.5 Å². The number of hydrogen-bond donors (Lipinski definition) is 8. The molecule has 534 valence electrons. The van der Waals surface area contributed by atoms with Crippen LogP contribution < -0.4 is 42.5 Å². The lowest BCUT2D eigenvalue weighted by Gasteiger charge is -2.23. The van der Waals surface area contributed by atoms with Crippen LogP contribution >= 0.6 is 134 Å². The van der Waals surface area contributed by atoms with Gasteiger partial charge in [-0.2, -0.15) is 0 Å². The van der Waals surface area contributed by atoms with E-state index in [4.69, 9.17) is 11.6 Å². The van der Waals surface area contributed by atoms with Gasteiger partial charge in [0.05, 0.1) is 45.0 Å². The first-order valence-electron chi connectivity index (χ1n) is 34.6. The second-order valence-electron chi connectivity index (χ2n) is 26.2. The minimum absolute atomic E-state index is 0.00105. The lowest BCUT2D eigenvalue weighted by molar-refractivity contribution is 0.0919. The Labute approximate surface area is 676 Å². The summed E-state index contributed by atoms with van der Waals surface area (Å²) in [5, 5.41) is 26.5. The van der Waals surface area contributed by atoms with Crippen molar-refractivity contribution in [2.75, 3.05) is 21.3 Å². The highest BCUT2D eigenvalue weighted by atomic mass is 127. The van der Waals surface area contributed by atoms with E-state index in [0.29, 0.717) is 45.6 Å². The fraction of sp³-hybridized carbons (Fsp3) is 0.293. The third kappa shape index (κ3) is 24.9. The minimum atomic E-state index is -0.404. The van der Waals surface area contributed by atoms with Crippen molar-refractivity contribution in [3.63, 3.8) is 0 Å². The molecular weight excluding hydrogens is 1880 g/mol. The largest absolute Gasteiger partial charge is 0.355 e. The van der Waals surface area contributed by atoms with E-state index in [1.54, 1.807) is 12.1 Å². The molecule has 0 bridgehead atoms. The van der Waals surface area contributed by atoms with E-state index in [0.717, 1.165) is 132 Å². The zero-order valence-corrected chi connectivity index (χ0v) is 70.4. The highest BCUT2D eigenvalue weighted by Crippen LogP contribution is 2.33. The van der Waals surface area contributed by atoms with Crippen molar-refractivity contribution < 1.29 is 23.6 Å².